The maximum absolute atomic E-state index is 12.8. The number of nitrogens with one attached hydrogen (secondary N) is 1. The Labute approximate surface area is 140 Å². The molecule has 1 heterocycles. The number of benzene rings is 2. The molecule has 2 aromatic carbocycles. The fourth-order valence-corrected chi connectivity index (χ4v) is 2.61. The summed E-state index contributed by atoms with van der Waals surface area (Å²) in [7, 11) is 3.04. The van der Waals surface area contributed by atoms with E-state index in [-0.39, 0.29) is 5.91 Å². The van der Waals surface area contributed by atoms with E-state index in [0.717, 1.165) is 16.6 Å². The molecule has 0 aliphatic rings. The molecular weight excluding hydrogens is 304 g/mol. The Morgan fingerprint density at radius 2 is 1.62 bits per heavy atom. The molecule has 0 fully saturated rings. The quantitative estimate of drug-likeness (QED) is 0.793. The molecule has 0 aliphatic heterocycles. The number of ether oxygens (including phenoxy) is 2. The number of hydrogen-bond acceptors (Lipinski definition) is 4. The Morgan fingerprint density at radius 1 is 0.958 bits per heavy atom. The van der Waals surface area contributed by atoms with Crippen LogP contribution in [0.1, 0.15) is 16.1 Å². The molecular formula is C19H18N2O3. The highest BCUT2D eigenvalue weighted by molar-refractivity contribution is 6.11. The van der Waals surface area contributed by atoms with Gasteiger partial charge < -0.3 is 14.8 Å². The van der Waals surface area contributed by atoms with E-state index >= 15 is 0 Å². The second-order valence-corrected chi connectivity index (χ2v) is 5.32. The van der Waals surface area contributed by atoms with E-state index in [9.17, 15) is 4.79 Å². The lowest BCUT2D eigenvalue weighted by molar-refractivity contribution is 0.102. The van der Waals surface area contributed by atoms with E-state index < -0.39 is 0 Å². The van der Waals surface area contributed by atoms with Crippen molar-refractivity contribution in [2.75, 3.05) is 19.5 Å². The molecule has 0 bridgehead atoms. The Kier molecular flexibility index (Phi) is 4.33. The van der Waals surface area contributed by atoms with Crippen molar-refractivity contribution in [3.8, 4) is 11.5 Å². The first-order valence-corrected chi connectivity index (χ1v) is 7.52. The number of aryl methyl sites for hydroxylation is 1. The van der Waals surface area contributed by atoms with E-state index in [1.54, 1.807) is 18.2 Å². The Balaban J connectivity index is 2.04. The molecule has 0 saturated carbocycles. The smallest absolute Gasteiger partial charge is 0.263 e. The van der Waals surface area contributed by atoms with Crippen molar-refractivity contribution in [1.82, 2.24) is 4.98 Å². The van der Waals surface area contributed by atoms with Crippen molar-refractivity contribution in [1.29, 1.82) is 0 Å². The van der Waals surface area contributed by atoms with Gasteiger partial charge in [-0.3, -0.25) is 9.78 Å². The van der Waals surface area contributed by atoms with Gasteiger partial charge in [-0.25, -0.2) is 0 Å². The molecule has 0 spiro atoms. The molecule has 0 saturated heterocycles. The zero-order valence-electron chi connectivity index (χ0n) is 13.8. The minimum absolute atomic E-state index is 0.305. The fourth-order valence-electron chi connectivity index (χ4n) is 2.61. The van der Waals surface area contributed by atoms with Gasteiger partial charge in [-0.05, 0) is 31.2 Å². The third-order valence-electron chi connectivity index (χ3n) is 3.76. The number of pyridine rings is 1. The number of carbonyl (C=O) groups is 1. The first-order valence-electron chi connectivity index (χ1n) is 7.52. The number of hydrogen-bond donors (Lipinski definition) is 1. The van der Waals surface area contributed by atoms with Crippen LogP contribution in [0, 0.1) is 6.92 Å². The highest BCUT2D eigenvalue weighted by Crippen LogP contribution is 2.30. The monoisotopic (exact) mass is 322 g/mol. The number of para-hydroxylation sites is 1. The lowest BCUT2D eigenvalue weighted by Crippen LogP contribution is -2.15. The van der Waals surface area contributed by atoms with Crippen LogP contribution < -0.4 is 14.8 Å². The van der Waals surface area contributed by atoms with Crippen LogP contribution in [0.2, 0.25) is 0 Å². The van der Waals surface area contributed by atoms with Gasteiger partial charge in [0.1, 0.15) is 17.1 Å². The average Bonchev–Trinajstić information content (AvgIpc) is 2.61. The van der Waals surface area contributed by atoms with Crippen molar-refractivity contribution < 1.29 is 14.3 Å². The third-order valence-corrected chi connectivity index (χ3v) is 3.76. The van der Waals surface area contributed by atoms with Crippen LogP contribution >= 0.6 is 0 Å². The molecule has 0 unspecified atom stereocenters. The highest BCUT2D eigenvalue weighted by Gasteiger charge is 2.19. The molecule has 1 N–H and O–H groups in total. The summed E-state index contributed by atoms with van der Waals surface area (Å²) in [5.41, 5.74) is 2.64. The summed E-state index contributed by atoms with van der Waals surface area (Å²) >= 11 is 0. The number of amides is 1. The molecule has 1 aromatic heterocycles. The van der Waals surface area contributed by atoms with Crippen molar-refractivity contribution in [3.63, 3.8) is 0 Å². The maximum atomic E-state index is 12.8. The molecule has 5 heteroatoms. The average molecular weight is 322 g/mol. The molecule has 24 heavy (non-hydrogen) atoms. The van der Waals surface area contributed by atoms with Crippen LogP contribution in [-0.4, -0.2) is 25.1 Å². The van der Waals surface area contributed by atoms with Crippen LogP contribution in [0.3, 0.4) is 0 Å². The van der Waals surface area contributed by atoms with Crippen molar-refractivity contribution in [2.45, 2.75) is 6.92 Å². The van der Waals surface area contributed by atoms with Gasteiger partial charge in [0.25, 0.3) is 5.91 Å². The normalized spacial score (nSPS) is 10.5. The van der Waals surface area contributed by atoms with E-state index in [1.165, 1.54) is 14.2 Å². The molecule has 1 amide bonds. The number of nitrogens with zero attached hydrogens (tertiary/aromatic N) is 1. The predicted molar refractivity (Wildman–Crippen MR) is 94.0 cm³/mol. The maximum Gasteiger partial charge on any atom is 0.263 e. The van der Waals surface area contributed by atoms with Gasteiger partial charge in [-0.2, -0.15) is 0 Å². The molecule has 0 atom stereocenters. The van der Waals surface area contributed by atoms with Gasteiger partial charge >= 0.3 is 0 Å². The summed E-state index contributed by atoms with van der Waals surface area (Å²) in [5.74, 6) is 0.604. The van der Waals surface area contributed by atoms with Gasteiger partial charge in [0.05, 0.1) is 25.4 Å². The molecule has 5 nitrogen and oxygen atoms in total. The first kappa shape index (κ1) is 15.8. The van der Waals surface area contributed by atoms with E-state index in [0.29, 0.717) is 22.7 Å². The number of aromatic nitrogens is 1. The summed E-state index contributed by atoms with van der Waals surface area (Å²) < 4.78 is 10.6. The zero-order valence-corrected chi connectivity index (χ0v) is 13.8. The van der Waals surface area contributed by atoms with Crippen LogP contribution in [0.4, 0.5) is 5.69 Å². The summed E-state index contributed by atoms with van der Waals surface area (Å²) in [4.78, 5) is 17.3. The predicted octanol–water partition coefficient (Wildman–Crippen LogP) is 3.81. The molecule has 3 aromatic rings. The topological polar surface area (TPSA) is 60.5 Å². The van der Waals surface area contributed by atoms with Crippen LogP contribution in [0.25, 0.3) is 10.9 Å². The van der Waals surface area contributed by atoms with Gasteiger partial charge in [-0.15, -0.1) is 0 Å². The Hall–Kier alpha value is -3.08. The summed E-state index contributed by atoms with van der Waals surface area (Å²) in [6, 6.07) is 14.8. The Bertz CT molecular complexity index is 884. The van der Waals surface area contributed by atoms with E-state index in [2.05, 4.69) is 10.3 Å². The van der Waals surface area contributed by atoms with Crippen LogP contribution in [0.5, 0.6) is 11.5 Å². The molecule has 122 valence electrons. The summed E-state index contributed by atoms with van der Waals surface area (Å²) in [6.45, 7) is 1.92. The molecule has 0 radical (unpaired) electrons. The first-order chi connectivity index (χ1) is 11.6. The van der Waals surface area contributed by atoms with Gasteiger partial charge in [0, 0.05) is 11.1 Å². The number of fused-ring (bicyclic) bond motifs is 1. The largest absolute Gasteiger partial charge is 0.496 e. The SMILES string of the molecule is COc1cccc(OC)c1C(=O)Nc1cccc2ccc(C)nc12. The molecule has 0 aliphatic carbocycles. The Morgan fingerprint density at radius 3 is 2.29 bits per heavy atom. The van der Waals surface area contributed by atoms with Crippen LogP contribution in [-0.2, 0) is 0 Å². The van der Waals surface area contributed by atoms with Crippen LogP contribution in [0.15, 0.2) is 48.5 Å². The number of carbonyl (C=O) groups excluding carboxylic acids is 1. The third kappa shape index (κ3) is 2.88. The number of methoxy groups -OCH3 is 2. The lowest BCUT2D eigenvalue weighted by atomic mass is 10.1. The van der Waals surface area contributed by atoms with Crippen molar-refractivity contribution in [2.24, 2.45) is 0 Å². The number of rotatable bonds is 4. The van der Waals surface area contributed by atoms with Gasteiger partial charge in [0.2, 0.25) is 0 Å². The van der Waals surface area contributed by atoms with E-state index in [4.69, 9.17) is 9.47 Å². The summed E-state index contributed by atoms with van der Waals surface area (Å²) in [6.07, 6.45) is 0. The second-order valence-electron chi connectivity index (χ2n) is 5.32. The number of anilines is 1. The zero-order chi connectivity index (χ0) is 17.1. The van der Waals surface area contributed by atoms with Gasteiger partial charge in [-0.1, -0.05) is 24.3 Å². The highest BCUT2D eigenvalue weighted by atomic mass is 16.5. The second kappa shape index (κ2) is 6.58. The van der Waals surface area contributed by atoms with Crippen molar-refractivity contribution in [3.05, 3.63) is 59.8 Å². The fraction of sp³-hybridized carbons (Fsp3) is 0.158. The molecule has 3 rings (SSSR count). The lowest BCUT2D eigenvalue weighted by Gasteiger charge is -2.14. The van der Waals surface area contributed by atoms with Gasteiger partial charge in [0.15, 0.2) is 0 Å². The summed E-state index contributed by atoms with van der Waals surface area (Å²) in [5, 5.41) is 3.88. The minimum Gasteiger partial charge on any atom is -0.496 e. The standard InChI is InChI=1S/C19H18N2O3/c1-12-10-11-13-6-4-7-14(18(13)20-12)21-19(22)17-15(23-2)8-5-9-16(17)24-3/h4-11H,1-3H3,(H,21,22). The minimum atomic E-state index is -0.305. The van der Waals surface area contributed by atoms with E-state index in [1.807, 2.05) is 37.3 Å². The van der Waals surface area contributed by atoms with Crippen molar-refractivity contribution >= 4 is 22.5 Å².